The van der Waals surface area contributed by atoms with Gasteiger partial charge in [-0.3, -0.25) is 14.5 Å². The summed E-state index contributed by atoms with van der Waals surface area (Å²) in [5.41, 5.74) is 1.26. The van der Waals surface area contributed by atoms with Gasteiger partial charge >= 0.3 is 0 Å². The number of aryl methyl sites for hydroxylation is 2. The third-order valence-corrected chi connectivity index (χ3v) is 8.54. The molecule has 2 aliphatic rings. The van der Waals surface area contributed by atoms with Gasteiger partial charge in [0.1, 0.15) is 10.6 Å². The zero-order valence-corrected chi connectivity index (χ0v) is 20.4. The van der Waals surface area contributed by atoms with E-state index in [0.717, 1.165) is 25.7 Å². The highest BCUT2D eigenvalue weighted by atomic mass is 32.2. The Morgan fingerprint density at radius 1 is 1.09 bits per heavy atom. The molecule has 0 spiro atoms. The number of nitrogens with zero attached hydrogens (tertiary/aromatic N) is 3. The molecular weight excluding hydrogens is 458 g/mol. The quantitative estimate of drug-likeness (QED) is 0.609. The summed E-state index contributed by atoms with van der Waals surface area (Å²) in [6.07, 6.45) is 4.21. The van der Waals surface area contributed by atoms with Crippen molar-refractivity contribution in [1.29, 1.82) is 0 Å². The number of sulfonamides is 1. The second-order valence-corrected chi connectivity index (χ2v) is 10.8. The SMILES string of the molecule is Cc1noc(C)c1S(=O)(=O)N1CCN(CC(=O)Nc2ccccc2C(=O)NC2CCCC2)CC1. The van der Waals surface area contributed by atoms with Crippen molar-refractivity contribution in [1.82, 2.24) is 19.7 Å². The van der Waals surface area contributed by atoms with Crippen LogP contribution in [-0.2, 0) is 14.8 Å². The molecule has 1 aliphatic heterocycles. The number of carbonyl (C=O) groups excluding carboxylic acids is 2. The minimum absolute atomic E-state index is 0.109. The van der Waals surface area contributed by atoms with Crippen LogP contribution < -0.4 is 10.6 Å². The Morgan fingerprint density at radius 2 is 1.76 bits per heavy atom. The summed E-state index contributed by atoms with van der Waals surface area (Å²) in [6.45, 7) is 4.66. The number of para-hydroxylation sites is 1. The molecule has 1 aromatic heterocycles. The number of hydrogen-bond donors (Lipinski definition) is 2. The number of aromatic nitrogens is 1. The van der Waals surface area contributed by atoms with Crippen molar-refractivity contribution in [3.05, 3.63) is 41.3 Å². The second kappa shape index (κ2) is 10.2. The van der Waals surface area contributed by atoms with Crippen LogP contribution in [0, 0.1) is 13.8 Å². The summed E-state index contributed by atoms with van der Waals surface area (Å²) in [5, 5.41) is 9.65. The van der Waals surface area contributed by atoms with Crippen LogP contribution >= 0.6 is 0 Å². The van der Waals surface area contributed by atoms with Gasteiger partial charge in [-0.25, -0.2) is 8.42 Å². The van der Waals surface area contributed by atoms with Gasteiger partial charge in [0.2, 0.25) is 15.9 Å². The fraction of sp³-hybridized carbons (Fsp3) is 0.522. The number of rotatable bonds is 7. The van der Waals surface area contributed by atoms with Gasteiger partial charge in [-0.1, -0.05) is 30.1 Å². The lowest BCUT2D eigenvalue weighted by Crippen LogP contribution is -2.50. The van der Waals surface area contributed by atoms with Crippen LogP contribution in [0.2, 0.25) is 0 Å². The Hall–Kier alpha value is -2.76. The topological polar surface area (TPSA) is 125 Å². The normalized spacial score (nSPS) is 18.2. The maximum absolute atomic E-state index is 13.0. The molecule has 0 bridgehead atoms. The molecule has 4 rings (SSSR count). The minimum atomic E-state index is -3.70. The van der Waals surface area contributed by atoms with Crippen molar-refractivity contribution in [2.75, 3.05) is 38.0 Å². The van der Waals surface area contributed by atoms with Gasteiger partial charge in [0.05, 0.1) is 17.8 Å². The van der Waals surface area contributed by atoms with Crippen molar-refractivity contribution in [2.24, 2.45) is 0 Å². The Kier molecular flexibility index (Phi) is 7.34. The minimum Gasteiger partial charge on any atom is -0.360 e. The van der Waals surface area contributed by atoms with E-state index in [1.807, 2.05) is 4.90 Å². The maximum Gasteiger partial charge on any atom is 0.253 e. The van der Waals surface area contributed by atoms with Crippen LogP contribution in [0.15, 0.2) is 33.7 Å². The van der Waals surface area contributed by atoms with Gasteiger partial charge in [-0.2, -0.15) is 4.31 Å². The van der Waals surface area contributed by atoms with Gasteiger partial charge in [-0.05, 0) is 38.8 Å². The van der Waals surface area contributed by atoms with Crippen LogP contribution in [0.4, 0.5) is 5.69 Å². The number of anilines is 1. The zero-order valence-electron chi connectivity index (χ0n) is 19.5. The fourth-order valence-electron chi connectivity index (χ4n) is 4.62. The van der Waals surface area contributed by atoms with Crippen molar-refractivity contribution < 1.29 is 22.5 Å². The van der Waals surface area contributed by atoms with Crippen LogP contribution in [0.3, 0.4) is 0 Å². The van der Waals surface area contributed by atoms with E-state index in [4.69, 9.17) is 4.52 Å². The van der Waals surface area contributed by atoms with E-state index in [0.29, 0.717) is 30.0 Å². The molecule has 1 aliphatic carbocycles. The first-order valence-electron chi connectivity index (χ1n) is 11.6. The molecule has 2 amide bonds. The first kappa shape index (κ1) is 24.4. The van der Waals surface area contributed by atoms with Crippen LogP contribution in [0.5, 0.6) is 0 Å². The molecule has 34 heavy (non-hydrogen) atoms. The zero-order chi connectivity index (χ0) is 24.3. The molecule has 10 nitrogen and oxygen atoms in total. The van der Waals surface area contributed by atoms with E-state index in [9.17, 15) is 18.0 Å². The summed E-state index contributed by atoms with van der Waals surface area (Å²) in [7, 11) is -3.70. The third-order valence-electron chi connectivity index (χ3n) is 6.40. The van der Waals surface area contributed by atoms with Gasteiger partial charge < -0.3 is 15.2 Å². The smallest absolute Gasteiger partial charge is 0.253 e. The highest BCUT2D eigenvalue weighted by Gasteiger charge is 2.33. The fourth-order valence-corrected chi connectivity index (χ4v) is 6.33. The standard InChI is InChI=1S/C23H31N5O5S/c1-16-22(17(2)33-26-16)34(31,32)28-13-11-27(12-14-28)15-21(29)25-20-10-6-5-9-19(20)23(30)24-18-7-3-4-8-18/h5-6,9-10,18H,3-4,7-8,11-15H2,1-2H3,(H,24,30)(H,25,29). The Bertz CT molecular complexity index is 1130. The van der Waals surface area contributed by atoms with Crippen molar-refractivity contribution in [3.8, 4) is 0 Å². The molecule has 2 heterocycles. The molecule has 2 fully saturated rings. The molecule has 0 unspecified atom stereocenters. The van der Waals surface area contributed by atoms with Crippen molar-refractivity contribution >= 4 is 27.5 Å². The van der Waals surface area contributed by atoms with Gasteiger partial charge in [0.15, 0.2) is 5.76 Å². The van der Waals surface area contributed by atoms with E-state index in [-0.39, 0.29) is 48.1 Å². The first-order chi connectivity index (χ1) is 16.3. The molecule has 1 saturated carbocycles. The molecule has 184 valence electrons. The van der Waals surface area contributed by atoms with Crippen LogP contribution in [0.25, 0.3) is 0 Å². The summed E-state index contributed by atoms with van der Waals surface area (Å²) < 4.78 is 32.4. The van der Waals surface area contributed by atoms with E-state index < -0.39 is 10.0 Å². The molecular formula is C23H31N5O5S. The number of amides is 2. The lowest BCUT2D eigenvalue weighted by molar-refractivity contribution is -0.117. The maximum atomic E-state index is 13.0. The predicted molar refractivity (Wildman–Crippen MR) is 126 cm³/mol. The molecule has 0 radical (unpaired) electrons. The number of nitrogens with one attached hydrogen (secondary N) is 2. The number of carbonyl (C=O) groups is 2. The van der Waals surface area contributed by atoms with Crippen LogP contribution in [-0.4, -0.2) is 73.4 Å². The molecule has 1 aromatic carbocycles. The third kappa shape index (κ3) is 5.31. The van der Waals surface area contributed by atoms with Gasteiger partial charge in [0.25, 0.3) is 5.91 Å². The van der Waals surface area contributed by atoms with Crippen LogP contribution in [0.1, 0.15) is 47.5 Å². The summed E-state index contributed by atoms with van der Waals surface area (Å²) >= 11 is 0. The Morgan fingerprint density at radius 3 is 2.41 bits per heavy atom. The largest absolute Gasteiger partial charge is 0.360 e. The Labute approximate surface area is 199 Å². The molecule has 11 heteroatoms. The van der Waals surface area contributed by atoms with E-state index in [1.165, 1.54) is 4.31 Å². The molecule has 1 saturated heterocycles. The van der Waals surface area contributed by atoms with E-state index in [1.54, 1.807) is 38.1 Å². The predicted octanol–water partition coefficient (Wildman–Crippen LogP) is 1.91. The summed E-state index contributed by atoms with van der Waals surface area (Å²) in [6, 6.07) is 7.17. The lowest BCUT2D eigenvalue weighted by atomic mass is 10.1. The number of piperazine rings is 1. The molecule has 2 N–H and O–H groups in total. The molecule has 2 aromatic rings. The van der Waals surface area contributed by atoms with Gasteiger partial charge in [0, 0.05) is 32.2 Å². The summed E-state index contributed by atoms with van der Waals surface area (Å²) in [4.78, 5) is 27.5. The monoisotopic (exact) mass is 489 g/mol. The summed E-state index contributed by atoms with van der Waals surface area (Å²) in [5.74, 6) is -0.154. The number of benzene rings is 1. The number of hydrogen-bond acceptors (Lipinski definition) is 7. The highest BCUT2D eigenvalue weighted by Crippen LogP contribution is 2.24. The van der Waals surface area contributed by atoms with Crippen molar-refractivity contribution in [3.63, 3.8) is 0 Å². The van der Waals surface area contributed by atoms with E-state index >= 15 is 0 Å². The molecule has 0 atom stereocenters. The highest BCUT2D eigenvalue weighted by molar-refractivity contribution is 7.89. The van der Waals surface area contributed by atoms with Crippen molar-refractivity contribution in [2.45, 2.75) is 50.5 Å². The average molecular weight is 490 g/mol. The second-order valence-electron chi connectivity index (χ2n) is 8.88. The lowest BCUT2D eigenvalue weighted by Gasteiger charge is -2.33. The Balaban J connectivity index is 1.32. The van der Waals surface area contributed by atoms with Gasteiger partial charge in [-0.15, -0.1) is 0 Å². The average Bonchev–Trinajstić information content (AvgIpc) is 3.43. The van der Waals surface area contributed by atoms with E-state index in [2.05, 4.69) is 15.8 Å². The first-order valence-corrected chi connectivity index (χ1v) is 13.0.